The molecule has 0 aromatic heterocycles. The Morgan fingerprint density at radius 3 is 2.60 bits per heavy atom. The van der Waals surface area contributed by atoms with Crippen LogP contribution in [-0.4, -0.2) is 25.3 Å². The van der Waals surface area contributed by atoms with Crippen molar-refractivity contribution in [3.63, 3.8) is 0 Å². The number of halogens is 1. The average Bonchev–Trinajstić information content (AvgIpc) is 2.61. The molecule has 0 heterocycles. The van der Waals surface area contributed by atoms with Gasteiger partial charge in [0.15, 0.2) is 0 Å². The number of carbonyl (C=O) groups is 1. The van der Waals surface area contributed by atoms with Crippen molar-refractivity contribution in [2.75, 3.05) is 13.2 Å². The molecule has 0 saturated carbocycles. The summed E-state index contributed by atoms with van der Waals surface area (Å²) in [5.41, 5.74) is 2.36. The summed E-state index contributed by atoms with van der Waals surface area (Å²) in [6.07, 6.45) is 1.09. The zero-order valence-corrected chi connectivity index (χ0v) is 15.4. The lowest BCUT2D eigenvalue weighted by Gasteiger charge is -2.13. The highest BCUT2D eigenvalue weighted by atomic mass is 35.5. The van der Waals surface area contributed by atoms with Crippen molar-refractivity contribution in [2.45, 2.75) is 32.8 Å². The van der Waals surface area contributed by atoms with Crippen LogP contribution in [0.4, 0.5) is 4.79 Å². The van der Waals surface area contributed by atoms with Gasteiger partial charge in [0.05, 0.1) is 11.6 Å². The van der Waals surface area contributed by atoms with Crippen LogP contribution in [-0.2, 0) is 11.2 Å². The zero-order valence-electron chi connectivity index (χ0n) is 14.6. The predicted molar refractivity (Wildman–Crippen MR) is 100 cm³/mol. The maximum absolute atomic E-state index is 11.5. The van der Waals surface area contributed by atoms with Gasteiger partial charge in [0.1, 0.15) is 18.5 Å². The van der Waals surface area contributed by atoms with Gasteiger partial charge in [-0.2, -0.15) is 0 Å². The van der Waals surface area contributed by atoms with Gasteiger partial charge in [-0.25, -0.2) is 4.79 Å². The zero-order chi connectivity index (χ0) is 18.1. The monoisotopic (exact) mass is 361 g/mol. The van der Waals surface area contributed by atoms with Crippen LogP contribution >= 0.6 is 11.6 Å². The molecule has 5 heteroatoms. The first-order valence-electron chi connectivity index (χ1n) is 8.48. The molecule has 2 aromatic carbocycles. The first kappa shape index (κ1) is 19.1. The summed E-state index contributed by atoms with van der Waals surface area (Å²) in [5.74, 6) is 0.607. The summed E-state index contributed by atoms with van der Waals surface area (Å²) in [7, 11) is 0. The van der Waals surface area contributed by atoms with Gasteiger partial charge in [0, 0.05) is 0 Å². The summed E-state index contributed by atoms with van der Waals surface area (Å²) in [4.78, 5) is 11.5. The van der Waals surface area contributed by atoms with E-state index >= 15 is 0 Å². The van der Waals surface area contributed by atoms with E-state index in [1.165, 1.54) is 5.56 Å². The fraction of sp³-hybridized carbons (Fsp3) is 0.350. The molecule has 1 atom stereocenters. The maximum Gasteiger partial charge on any atom is 0.407 e. The molecule has 0 spiro atoms. The highest BCUT2D eigenvalue weighted by molar-refractivity contribution is 6.32. The summed E-state index contributed by atoms with van der Waals surface area (Å²) in [6.45, 7) is 4.50. The van der Waals surface area contributed by atoms with Gasteiger partial charge in [0.2, 0.25) is 0 Å². The van der Waals surface area contributed by atoms with E-state index in [0.29, 0.717) is 23.9 Å². The number of nitrogens with one attached hydrogen (secondary N) is 1. The van der Waals surface area contributed by atoms with E-state index in [9.17, 15) is 4.79 Å². The second-order valence-corrected chi connectivity index (χ2v) is 6.23. The fourth-order valence-corrected chi connectivity index (χ4v) is 2.48. The summed E-state index contributed by atoms with van der Waals surface area (Å²) >= 11 is 6.29. The SMILES string of the molecule is CCC(C)OC(=O)NCCOc1ccc(Cc2ccccc2)cc1Cl. The van der Waals surface area contributed by atoms with E-state index in [1.807, 2.05) is 50.2 Å². The lowest BCUT2D eigenvalue weighted by atomic mass is 10.1. The van der Waals surface area contributed by atoms with Gasteiger partial charge in [-0.3, -0.25) is 0 Å². The van der Waals surface area contributed by atoms with Crippen LogP contribution in [0.2, 0.25) is 5.02 Å². The van der Waals surface area contributed by atoms with E-state index in [-0.39, 0.29) is 6.10 Å². The molecule has 134 valence electrons. The number of amides is 1. The normalized spacial score (nSPS) is 11.6. The van der Waals surface area contributed by atoms with Crippen LogP contribution in [0.25, 0.3) is 0 Å². The smallest absolute Gasteiger partial charge is 0.407 e. The van der Waals surface area contributed by atoms with Crippen molar-refractivity contribution in [1.29, 1.82) is 0 Å². The molecular formula is C20H24ClNO3. The van der Waals surface area contributed by atoms with Gasteiger partial charge in [-0.05, 0) is 43.0 Å². The molecule has 25 heavy (non-hydrogen) atoms. The van der Waals surface area contributed by atoms with Crippen LogP contribution < -0.4 is 10.1 Å². The highest BCUT2D eigenvalue weighted by Gasteiger charge is 2.07. The topological polar surface area (TPSA) is 47.6 Å². The van der Waals surface area contributed by atoms with Crippen molar-refractivity contribution >= 4 is 17.7 Å². The Kier molecular flexibility index (Phi) is 7.61. The van der Waals surface area contributed by atoms with E-state index in [4.69, 9.17) is 21.1 Å². The molecule has 1 amide bonds. The Hall–Kier alpha value is -2.20. The second kappa shape index (κ2) is 9.94. The minimum Gasteiger partial charge on any atom is -0.490 e. The third-order valence-electron chi connectivity index (χ3n) is 3.76. The maximum atomic E-state index is 11.5. The molecule has 2 aromatic rings. The Bertz CT molecular complexity index is 676. The minimum atomic E-state index is -0.428. The standard InChI is InChI=1S/C20H24ClNO3/c1-3-15(2)25-20(23)22-11-12-24-19-10-9-17(14-18(19)21)13-16-7-5-4-6-8-16/h4-10,14-15H,3,11-13H2,1-2H3,(H,22,23). The lowest BCUT2D eigenvalue weighted by Crippen LogP contribution is -2.31. The van der Waals surface area contributed by atoms with E-state index in [1.54, 1.807) is 0 Å². The van der Waals surface area contributed by atoms with Crippen LogP contribution in [0.1, 0.15) is 31.4 Å². The minimum absolute atomic E-state index is 0.0903. The Balaban J connectivity index is 1.78. The Labute approximate surface area is 154 Å². The van der Waals surface area contributed by atoms with Crippen molar-refractivity contribution < 1.29 is 14.3 Å². The fourth-order valence-electron chi connectivity index (χ4n) is 2.22. The molecule has 0 aliphatic rings. The number of carbonyl (C=O) groups excluding carboxylic acids is 1. The molecule has 0 bridgehead atoms. The van der Waals surface area contributed by atoms with Crippen molar-refractivity contribution in [1.82, 2.24) is 5.32 Å². The summed E-state index contributed by atoms with van der Waals surface area (Å²) < 4.78 is 10.7. The quantitative estimate of drug-likeness (QED) is 0.685. The van der Waals surface area contributed by atoms with Crippen molar-refractivity contribution in [3.05, 3.63) is 64.7 Å². The molecule has 0 aliphatic heterocycles. The molecule has 0 aliphatic carbocycles. The third kappa shape index (κ3) is 6.67. The van der Waals surface area contributed by atoms with Gasteiger partial charge >= 0.3 is 6.09 Å². The van der Waals surface area contributed by atoms with Crippen LogP contribution in [0.15, 0.2) is 48.5 Å². The largest absolute Gasteiger partial charge is 0.490 e. The van der Waals surface area contributed by atoms with E-state index in [2.05, 4.69) is 17.4 Å². The van der Waals surface area contributed by atoms with Crippen LogP contribution in [0, 0.1) is 0 Å². The molecule has 0 radical (unpaired) electrons. The molecule has 4 nitrogen and oxygen atoms in total. The van der Waals surface area contributed by atoms with Gasteiger partial charge < -0.3 is 14.8 Å². The summed E-state index contributed by atoms with van der Waals surface area (Å²) in [6, 6.07) is 16.0. The Morgan fingerprint density at radius 1 is 1.16 bits per heavy atom. The lowest BCUT2D eigenvalue weighted by molar-refractivity contribution is 0.103. The Morgan fingerprint density at radius 2 is 1.92 bits per heavy atom. The second-order valence-electron chi connectivity index (χ2n) is 5.83. The van der Waals surface area contributed by atoms with E-state index in [0.717, 1.165) is 18.4 Å². The van der Waals surface area contributed by atoms with Gasteiger partial charge in [-0.15, -0.1) is 0 Å². The number of ether oxygens (including phenoxy) is 2. The molecule has 1 unspecified atom stereocenters. The first-order valence-corrected chi connectivity index (χ1v) is 8.86. The number of hydrogen-bond donors (Lipinski definition) is 1. The van der Waals surface area contributed by atoms with Crippen LogP contribution in [0.5, 0.6) is 5.75 Å². The third-order valence-corrected chi connectivity index (χ3v) is 4.05. The van der Waals surface area contributed by atoms with Gasteiger partial charge in [-0.1, -0.05) is 54.9 Å². The molecule has 2 rings (SSSR count). The average molecular weight is 362 g/mol. The number of hydrogen-bond acceptors (Lipinski definition) is 3. The van der Waals surface area contributed by atoms with Crippen LogP contribution in [0.3, 0.4) is 0 Å². The molecule has 0 saturated heterocycles. The van der Waals surface area contributed by atoms with E-state index < -0.39 is 6.09 Å². The summed E-state index contributed by atoms with van der Waals surface area (Å²) in [5, 5.41) is 3.22. The highest BCUT2D eigenvalue weighted by Crippen LogP contribution is 2.26. The molecule has 0 fully saturated rings. The molecule has 1 N–H and O–H groups in total. The number of rotatable bonds is 8. The number of benzene rings is 2. The first-order chi connectivity index (χ1) is 12.1. The van der Waals surface area contributed by atoms with Crippen molar-refractivity contribution in [2.24, 2.45) is 0 Å². The predicted octanol–water partition coefficient (Wildman–Crippen LogP) is 4.83. The molecular weight excluding hydrogens is 338 g/mol. The van der Waals surface area contributed by atoms with Crippen molar-refractivity contribution in [3.8, 4) is 5.75 Å². The number of alkyl carbamates (subject to hydrolysis) is 1. The van der Waals surface area contributed by atoms with Gasteiger partial charge in [0.25, 0.3) is 0 Å².